The number of methoxy groups -OCH3 is 1. The number of ether oxygens (including phenoxy) is 1. The van der Waals surface area contributed by atoms with Crippen LogP contribution in [0.1, 0.15) is 38.3 Å². The lowest BCUT2D eigenvalue weighted by atomic mass is 9.86. The minimum absolute atomic E-state index is 0.0443. The molecule has 2 atom stereocenters. The molecule has 2 N–H and O–H groups in total. The van der Waals surface area contributed by atoms with Gasteiger partial charge in [-0.3, -0.25) is 9.59 Å². The lowest BCUT2D eigenvalue weighted by Crippen LogP contribution is -2.29. The summed E-state index contributed by atoms with van der Waals surface area (Å²) in [5.74, 6) is 0.206. The van der Waals surface area contributed by atoms with Crippen LogP contribution in [0.15, 0.2) is 48.5 Å². The molecule has 1 saturated carbocycles. The summed E-state index contributed by atoms with van der Waals surface area (Å²) in [6.45, 7) is 6.90. The number of hydrogen-bond donors (Lipinski definition) is 2. The Balaban J connectivity index is 1.49. The molecule has 0 aromatic heterocycles. The van der Waals surface area contributed by atoms with Crippen molar-refractivity contribution >= 4 is 17.5 Å². The third-order valence-corrected chi connectivity index (χ3v) is 5.30. The summed E-state index contributed by atoms with van der Waals surface area (Å²) in [7, 11) is 1.64. The number of hydrogen-bond acceptors (Lipinski definition) is 3. The van der Waals surface area contributed by atoms with E-state index in [9.17, 15) is 9.59 Å². The molecule has 0 spiro atoms. The molecule has 0 heterocycles. The van der Waals surface area contributed by atoms with Gasteiger partial charge in [0.15, 0.2) is 0 Å². The Bertz CT molecular complexity index is 886. The van der Waals surface area contributed by atoms with Gasteiger partial charge in [0.05, 0.1) is 18.9 Å². The second kappa shape index (κ2) is 8.68. The van der Waals surface area contributed by atoms with E-state index in [1.807, 2.05) is 48.5 Å². The molecule has 1 aliphatic carbocycles. The zero-order chi connectivity index (χ0) is 21.0. The van der Waals surface area contributed by atoms with Gasteiger partial charge in [-0.1, -0.05) is 51.1 Å². The number of amides is 2. The Morgan fingerprint density at radius 1 is 1.03 bits per heavy atom. The van der Waals surface area contributed by atoms with Crippen molar-refractivity contribution in [2.45, 2.75) is 39.0 Å². The minimum atomic E-state index is -0.250. The molecule has 1 aliphatic rings. The van der Waals surface area contributed by atoms with Crippen LogP contribution in [0.25, 0.3) is 0 Å². The van der Waals surface area contributed by atoms with Crippen LogP contribution in [-0.2, 0) is 21.4 Å². The highest BCUT2D eigenvalue weighted by Crippen LogP contribution is 2.40. The molecular weight excluding hydrogens is 364 g/mol. The number of anilines is 1. The summed E-state index contributed by atoms with van der Waals surface area (Å²) in [6.07, 6.45) is 1.33. The molecule has 1 fully saturated rings. The molecule has 5 heteroatoms. The van der Waals surface area contributed by atoms with Crippen molar-refractivity contribution in [2.75, 3.05) is 19.0 Å². The summed E-state index contributed by atoms with van der Waals surface area (Å²) in [4.78, 5) is 25.0. The van der Waals surface area contributed by atoms with Crippen molar-refractivity contribution in [1.82, 2.24) is 5.32 Å². The molecule has 2 amide bonds. The number of carbonyl (C=O) groups excluding carboxylic acids is 2. The van der Waals surface area contributed by atoms with E-state index in [0.717, 1.165) is 29.0 Å². The fraction of sp³-hybridized carbons (Fsp3) is 0.417. The van der Waals surface area contributed by atoms with Gasteiger partial charge in [0.1, 0.15) is 5.75 Å². The fourth-order valence-corrected chi connectivity index (χ4v) is 3.54. The smallest absolute Gasteiger partial charge is 0.228 e. The van der Waals surface area contributed by atoms with Gasteiger partial charge in [0, 0.05) is 12.2 Å². The van der Waals surface area contributed by atoms with E-state index >= 15 is 0 Å². The zero-order valence-corrected chi connectivity index (χ0v) is 17.6. The number of para-hydroxylation sites is 1. The maximum Gasteiger partial charge on any atom is 0.228 e. The quantitative estimate of drug-likeness (QED) is 0.748. The highest BCUT2D eigenvalue weighted by molar-refractivity contribution is 6.00. The number of benzene rings is 2. The first-order valence-electron chi connectivity index (χ1n) is 10.1. The predicted octanol–water partition coefficient (Wildman–Crippen LogP) is 3.93. The molecule has 0 aliphatic heterocycles. The Kier molecular flexibility index (Phi) is 6.26. The van der Waals surface area contributed by atoms with E-state index < -0.39 is 0 Å². The fourth-order valence-electron chi connectivity index (χ4n) is 3.54. The van der Waals surface area contributed by atoms with Gasteiger partial charge in [0.2, 0.25) is 11.8 Å². The Morgan fingerprint density at radius 2 is 1.76 bits per heavy atom. The molecule has 2 unspecified atom stereocenters. The van der Waals surface area contributed by atoms with E-state index in [1.165, 1.54) is 0 Å². The summed E-state index contributed by atoms with van der Waals surface area (Å²) >= 11 is 0. The topological polar surface area (TPSA) is 67.4 Å². The van der Waals surface area contributed by atoms with Crippen LogP contribution in [0, 0.1) is 11.8 Å². The van der Waals surface area contributed by atoms with Crippen molar-refractivity contribution in [3.05, 3.63) is 59.7 Å². The second-order valence-electron chi connectivity index (χ2n) is 8.63. The molecule has 154 valence electrons. The molecule has 0 saturated heterocycles. The molecule has 0 radical (unpaired) electrons. The number of nitrogens with one attached hydrogen (secondary N) is 2. The molecule has 5 nitrogen and oxygen atoms in total. The minimum Gasteiger partial charge on any atom is -0.497 e. The second-order valence-corrected chi connectivity index (χ2v) is 8.63. The number of rotatable bonds is 7. The van der Waals surface area contributed by atoms with Gasteiger partial charge >= 0.3 is 0 Å². The molecule has 29 heavy (non-hydrogen) atoms. The largest absolute Gasteiger partial charge is 0.497 e. The third-order valence-electron chi connectivity index (χ3n) is 5.30. The lowest BCUT2D eigenvalue weighted by Gasteiger charge is -2.23. The van der Waals surface area contributed by atoms with E-state index in [2.05, 4.69) is 31.4 Å². The first kappa shape index (κ1) is 20.9. The molecule has 3 rings (SSSR count). The van der Waals surface area contributed by atoms with Crippen LogP contribution in [0.2, 0.25) is 0 Å². The van der Waals surface area contributed by atoms with Crippen LogP contribution < -0.4 is 15.4 Å². The SMILES string of the molecule is COc1cccc(CCNC(=O)C2CC2C(=O)Nc2ccccc2C(C)(C)C)c1. The highest BCUT2D eigenvalue weighted by atomic mass is 16.5. The first-order valence-corrected chi connectivity index (χ1v) is 10.1. The van der Waals surface area contributed by atoms with E-state index in [-0.39, 0.29) is 29.1 Å². The van der Waals surface area contributed by atoms with Crippen LogP contribution in [-0.4, -0.2) is 25.5 Å². The van der Waals surface area contributed by atoms with Crippen molar-refractivity contribution in [1.29, 1.82) is 0 Å². The van der Waals surface area contributed by atoms with E-state index in [1.54, 1.807) is 7.11 Å². The van der Waals surface area contributed by atoms with Crippen molar-refractivity contribution in [3.8, 4) is 5.75 Å². The third kappa shape index (κ3) is 5.37. The van der Waals surface area contributed by atoms with Gasteiger partial charge in [-0.05, 0) is 47.6 Å². The number of carbonyl (C=O) groups is 2. The normalized spacial score (nSPS) is 18.1. The predicted molar refractivity (Wildman–Crippen MR) is 115 cm³/mol. The van der Waals surface area contributed by atoms with E-state index in [4.69, 9.17) is 4.74 Å². The summed E-state index contributed by atoms with van der Waals surface area (Å²) in [5.41, 5.74) is 2.96. The van der Waals surface area contributed by atoms with E-state index in [0.29, 0.717) is 13.0 Å². The van der Waals surface area contributed by atoms with Gasteiger partial charge in [0.25, 0.3) is 0 Å². The van der Waals surface area contributed by atoms with Gasteiger partial charge in [-0.15, -0.1) is 0 Å². The zero-order valence-electron chi connectivity index (χ0n) is 17.6. The van der Waals surface area contributed by atoms with Gasteiger partial charge in [-0.25, -0.2) is 0 Å². The maximum atomic E-state index is 12.6. The van der Waals surface area contributed by atoms with Crippen LogP contribution >= 0.6 is 0 Å². The maximum absolute atomic E-state index is 12.6. The Hall–Kier alpha value is -2.82. The lowest BCUT2D eigenvalue weighted by molar-refractivity contribution is -0.125. The van der Waals surface area contributed by atoms with Gasteiger partial charge in [-0.2, -0.15) is 0 Å². The van der Waals surface area contributed by atoms with Crippen molar-refractivity contribution < 1.29 is 14.3 Å². The average Bonchev–Trinajstić information content (AvgIpc) is 3.49. The average molecular weight is 395 g/mol. The Labute approximate surface area is 172 Å². The monoisotopic (exact) mass is 394 g/mol. The molecular formula is C24H30N2O3. The van der Waals surface area contributed by atoms with Crippen molar-refractivity contribution in [3.63, 3.8) is 0 Å². The summed E-state index contributed by atoms with van der Waals surface area (Å²) in [6, 6.07) is 15.7. The molecule has 0 bridgehead atoms. The molecule has 2 aromatic carbocycles. The van der Waals surface area contributed by atoms with Gasteiger partial charge < -0.3 is 15.4 Å². The van der Waals surface area contributed by atoms with Crippen LogP contribution in [0.3, 0.4) is 0 Å². The summed E-state index contributed by atoms with van der Waals surface area (Å²) in [5, 5.41) is 5.98. The van der Waals surface area contributed by atoms with Crippen LogP contribution in [0.4, 0.5) is 5.69 Å². The first-order chi connectivity index (χ1) is 13.8. The standard InChI is InChI=1S/C24H30N2O3/c1-24(2,3)20-10-5-6-11-21(20)26-23(28)19-15-18(19)22(27)25-13-12-16-8-7-9-17(14-16)29-4/h5-11,14,18-19H,12-13,15H2,1-4H3,(H,25,27)(H,26,28). The summed E-state index contributed by atoms with van der Waals surface area (Å²) < 4.78 is 5.22. The highest BCUT2D eigenvalue weighted by Gasteiger charge is 2.48. The molecule has 2 aromatic rings. The van der Waals surface area contributed by atoms with Crippen LogP contribution in [0.5, 0.6) is 5.75 Å². The van der Waals surface area contributed by atoms with Crippen molar-refractivity contribution in [2.24, 2.45) is 11.8 Å². The Morgan fingerprint density at radius 3 is 2.48 bits per heavy atom.